The highest BCUT2D eigenvalue weighted by molar-refractivity contribution is 9.10. The third-order valence-corrected chi connectivity index (χ3v) is 3.52. The predicted octanol–water partition coefficient (Wildman–Crippen LogP) is 2.75. The topological polar surface area (TPSA) is 66.4 Å². The molecule has 0 aromatic heterocycles. The van der Waals surface area contributed by atoms with E-state index in [1.165, 1.54) is 12.1 Å². The highest BCUT2D eigenvalue weighted by Crippen LogP contribution is 2.16. The van der Waals surface area contributed by atoms with Crippen LogP contribution in [0.1, 0.15) is 25.3 Å². The second-order valence-electron chi connectivity index (χ2n) is 4.55. The summed E-state index contributed by atoms with van der Waals surface area (Å²) in [6.45, 7) is 1.99. The number of hydrogen-bond acceptors (Lipinski definition) is 2. The Morgan fingerprint density at radius 3 is 2.70 bits per heavy atom. The van der Waals surface area contributed by atoms with Gasteiger partial charge in [-0.05, 0) is 40.0 Å². The van der Waals surface area contributed by atoms with Gasteiger partial charge in [0.2, 0.25) is 5.91 Å². The van der Waals surface area contributed by atoms with E-state index in [0.717, 1.165) is 6.42 Å². The Morgan fingerprint density at radius 1 is 1.45 bits per heavy atom. The van der Waals surface area contributed by atoms with Crippen molar-refractivity contribution in [2.24, 2.45) is 5.92 Å². The van der Waals surface area contributed by atoms with E-state index in [2.05, 4.69) is 21.2 Å². The largest absolute Gasteiger partial charge is 0.481 e. The lowest BCUT2D eigenvalue weighted by atomic mass is 10.0. The molecule has 0 heterocycles. The molecule has 0 aliphatic rings. The molecule has 1 amide bonds. The normalized spacial score (nSPS) is 11.9. The minimum absolute atomic E-state index is 0.0304. The molecule has 1 aromatic carbocycles. The molecule has 0 bridgehead atoms. The minimum atomic E-state index is -0.915. The number of carbonyl (C=O) groups is 2. The highest BCUT2D eigenvalue weighted by atomic mass is 79.9. The lowest BCUT2D eigenvalue weighted by molar-refractivity contribution is -0.141. The second kappa shape index (κ2) is 7.99. The maximum atomic E-state index is 13.3. The van der Waals surface area contributed by atoms with Gasteiger partial charge in [-0.2, -0.15) is 0 Å². The van der Waals surface area contributed by atoms with Gasteiger partial charge in [0.1, 0.15) is 5.82 Å². The molecule has 0 aliphatic carbocycles. The van der Waals surface area contributed by atoms with Gasteiger partial charge in [-0.25, -0.2) is 4.39 Å². The van der Waals surface area contributed by atoms with E-state index in [1.54, 1.807) is 6.07 Å². The monoisotopic (exact) mass is 345 g/mol. The Labute approximate surface area is 125 Å². The lowest BCUT2D eigenvalue weighted by Crippen LogP contribution is -2.33. The van der Waals surface area contributed by atoms with Gasteiger partial charge >= 0.3 is 5.97 Å². The summed E-state index contributed by atoms with van der Waals surface area (Å²) < 4.78 is 13.6. The molecule has 6 heteroatoms. The summed E-state index contributed by atoms with van der Waals surface area (Å²) >= 11 is 3.04. The van der Waals surface area contributed by atoms with E-state index in [9.17, 15) is 14.0 Å². The van der Waals surface area contributed by atoms with Crippen molar-refractivity contribution < 1.29 is 19.1 Å². The van der Waals surface area contributed by atoms with E-state index in [-0.39, 0.29) is 18.9 Å². The highest BCUT2D eigenvalue weighted by Gasteiger charge is 2.17. The number of halogens is 2. The van der Waals surface area contributed by atoms with Crippen molar-refractivity contribution in [3.05, 3.63) is 34.1 Å². The van der Waals surface area contributed by atoms with E-state index < -0.39 is 17.7 Å². The molecule has 20 heavy (non-hydrogen) atoms. The lowest BCUT2D eigenvalue weighted by Gasteiger charge is -2.12. The van der Waals surface area contributed by atoms with Gasteiger partial charge in [0.15, 0.2) is 0 Å². The SMILES string of the molecule is CCCC(CNC(=O)Cc1ccc(Br)c(F)c1)C(=O)O. The standard InChI is InChI=1S/C14H17BrFNO3/c1-2-3-10(14(19)20)8-17-13(18)7-9-4-5-11(15)12(16)6-9/h4-6,10H,2-3,7-8H2,1H3,(H,17,18)(H,19,20). The molecule has 0 spiro atoms. The van der Waals surface area contributed by atoms with Gasteiger partial charge < -0.3 is 10.4 Å². The van der Waals surface area contributed by atoms with Crippen LogP contribution < -0.4 is 5.32 Å². The number of aliphatic carboxylic acids is 1. The maximum Gasteiger partial charge on any atom is 0.308 e. The molecular formula is C14H17BrFNO3. The third kappa shape index (κ3) is 5.28. The molecule has 0 aliphatic heterocycles. The summed E-state index contributed by atoms with van der Waals surface area (Å²) in [4.78, 5) is 22.6. The van der Waals surface area contributed by atoms with Gasteiger partial charge in [0.05, 0.1) is 16.8 Å². The van der Waals surface area contributed by atoms with Crippen LogP contribution in [-0.4, -0.2) is 23.5 Å². The van der Waals surface area contributed by atoms with Crippen LogP contribution in [0.5, 0.6) is 0 Å². The fourth-order valence-corrected chi connectivity index (χ4v) is 2.04. The number of carboxylic acid groups (broad SMARTS) is 1. The van der Waals surface area contributed by atoms with Crippen LogP contribution in [0.4, 0.5) is 4.39 Å². The molecule has 0 saturated carbocycles. The average Bonchev–Trinajstić information content (AvgIpc) is 2.38. The summed E-state index contributed by atoms with van der Waals surface area (Å²) in [5, 5.41) is 11.5. The van der Waals surface area contributed by atoms with Crippen LogP contribution in [0.25, 0.3) is 0 Å². The number of hydrogen-bond donors (Lipinski definition) is 2. The zero-order chi connectivity index (χ0) is 15.1. The van der Waals surface area contributed by atoms with Crippen molar-refractivity contribution in [2.75, 3.05) is 6.54 Å². The molecule has 1 aromatic rings. The first-order chi connectivity index (χ1) is 9.43. The summed E-state index contributed by atoms with van der Waals surface area (Å²) in [5.74, 6) is -2.23. The summed E-state index contributed by atoms with van der Waals surface area (Å²) in [6.07, 6.45) is 1.29. The zero-order valence-electron chi connectivity index (χ0n) is 11.2. The smallest absolute Gasteiger partial charge is 0.308 e. The van der Waals surface area contributed by atoms with Crippen LogP contribution in [0.15, 0.2) is 22.7 Å². The Bertz CT molecular complexity index is 493. The Balaban J connectivity index is 2.50. The predicted molar refractivity (Wildman–Crippen MR) is 76.8 cm³/mol. The molecule has 110 valence electrons. The van der Waals surface area contributed by atoms with Crippen LogP contribution in [0.2, 0.25) is 0 Å². The van der Waals surface area contributed by atoms with Crippen molar-refractivity contribution in [1.29, 1.82) is 0 Å². The van der Waals surface area contributed by atoms with Crippen molar-refractivity contribution >= 4 is 27.8 Å². The minimum Gasteiger partial charge on any atom is -0.481 e. The number of amides is 1. The van der Waals surface area contributed by atoms with E-state index in [4.69, 9.17) is 5.11 Å². The maximum absolute atomic E-state index is 13.3. The van der Waals surface area contributed by atoms with Crippen LogP contribution >= 0.6 is 15.9 Å². The van der Waals surface area contributed by atoms with Gasteiger partial charge in [0, 0.05) is 6.54 Å². The van der Waals surface area contributed by atoms with E-state index >= 15 is 0 Å². The van der Waals surface area contributed by atoms with Crippen LogP contribution in [-0.2, 0) is 16.0 Å². The molecular weight excluding hydrogens is 329 g/mol. The Morgan fingerprint density at radius 2 is 2.15 bits per heavy atom. The zero-order valence-corrected chi connectivity index (χ0v) is 12.7. The van der Waals surface area contributed by atoms with Gasteiger partial charge in [-0.3, -0.25) is 9.59 Å². The molecule has 0 fully saturated rings. The fraction of sp³-hybridized carbons (Fsp3) is 0.429. The first-order valence-corrected chi connectivity index (χ1v) is 7.16. The summed E-state index contributed by atoms with van der Waals surface area (Å²) in [7, 11) is 0. The van der Waals surface area contributed by atoms with Gasteiger partial charge in [-0.1, -0.05) is 19.4 Å². The van der Waals surface area contributed by atoms with Crippen molar-refractivity contribution in [3.8, 4) is 0 Å². The third-order valence-electron chi connectivity index (χ3n) is 2.88. The number of rotatable bonds is 7. The molecule has 0 radical (unpaired) electrons. The summed E-state index contributed by atoms with van der Waals surface area (Å²) in [5.41, 5.74) is 0.547. The summed E-state index contributed by atoms with van der Waals surface area (Å²) in [6, 6.07) is 4.47. The Hall–Kier alpha value is -1.43. The first-order valence-electron chi connectivity index (χ1n) is 6.37. The van der Waals surface area contributed by atoms with Crippen molar-refractivity contribution in [3.63, 3.8) is 0 Å². The van der Waals surface area contributed by atoms with E-state index in [0.29, 0.717) is 16.5 Å². The quantitative estimate of drug-likeness (QED) is 0.798. The van der Waals surface area contributed by atoms with Crippen LogP contribution in [0, 0.1) is 11.7 Å². The van der Waals surface area contributed by atoms with Crippen molar-refractivity contribution in [2.45, 2.75) is 26.2 Å². The Kier molecular flexibility index (Phi) is 6.64. The molecule has 1 unspecified atom stereocenters. The second-order valence-corrected chi connectivity index (χ2v) is 5.41. The molecule has 0 saturated heterocycles. The molecule has 1 atom stereocenters. The fourth-order valence-electron chi connectivity index (χ4n) is 1.80. The molecule has 2 N–H and O–H groups in total. The first kappa shape index (κ1) is 16.6. The molecule has 4 nitrogen and oxygen atoms in total. The number of benzene rings is 1. The van der Waals surface area contributed by atoms with Crippen molar-refractivity contribution in [1.82, 2.24) is 5.32 Å². The van der Waals surface area contributed by atoms with Crippen LogP contribution in [0.3, 0.4) is 0 Å². The number of carbonyl (C=O) groups excluding carboxylic acids is 1. The number of carboxylic acids is 1. The van der Waals surface area contributed by atoms with E-state index in [1.807, 2.05) is 6.92 Å². The number of nitrogens with one attached hydrogen (secondary N) is 1. The van der Waals surface area contributed by atoms with Gasteiger partial charge in [0.25, 0.3) is 0 Å². The van der Waals surface area contributed by atoms with Gasteiger partial charge in [-0.15, -0.1) is 0 Å². The average molecular weight is 346 g/mol. The molecule has 1 rings (SSSR count).